The average Bonchev–Trinajstić information content (AvgIpc) is 2.38. The van der Waals surface area contributed by atoms with Crippen molar-refractivity contribution in [1.82, 2.24) is 5.32 Å². The van der Waals surface area contributed by atoms with E-state index in [1.165, 1.54) is 6.92 Å². The normalized spacial score (nSPS) is 17.2. The number of anilines is 1. The predicted octanol–water partition coefficient (Wildman–Crippen LogP) is 2.66. The highest BCUT2D eigenvalue weighted by Gasteiger charge is 2.12. The number of hydrogen-bond donors (Lipinski definition) is 2. The van der Waals surface area contributed by atoms with Gasteiger partial charge in [0.15, 0.2) is 0 Å². The molecule has 1 aliphatic rings. The van der Waals surface area contributed by atoms with E-state index in [0.717, 1.165) is 36.4 Å². The summed E-state index contributed by atoms with van der Waals surface area (Å²) < 4.78 is 0. The van der Waals surface area contributed by atoms with Crippen LogP contribution in [0.5, 0.6) is 0 Å². The van der Waals surface area contributed by atoms with Crippen molar-refractivity contribution in [2.75, 3.05) is 5.43 Å². The van der Waals surface area contributed by atoms with Gasteiger partial charge in [0.2, 0.25) is 5.91 Å². The summed E-state index contributed by atoms with van der Waals surface area (Å²) in [7, 11) is 0. The molecule has 0 bridgehead atoms. The van der Waals surface area contributed by atoms with Crippen LogP contribution in [-0.2, 0) is 4.79 Å². The SMILES string of the molecule is CC(=O)NC1=CCCCC1=NNc1ccccc1. The van der Waals surface area contributed by atoms with Gasteiger partial charge in [-0.1, -0.05) is 24.3 Å². The van der Waals surface area contributed by atoms with E-state index in [0.29, 0.717) is 0 Å². The number of nitrogens with one attached hydrogen (secondary N) is 2. The van der Waals surface area contributed by atoms with Crippen LogP contribution in [0, 0.1) is 0 Å². The molecule has 0 heterocycles. The van der Waals surface area contributed by atoms with E-state index in [4.69, 9.17) is 0 Å². The van der Waals surface area contributed by atoms with E-state index in [9.17, 15) is 4.79 Å². The summed E-state index contributed by atoms with van der Waals surface area (Å²) in [4.78, 5) is 11.1. The zero-order valence-corrected chi connectivity index (χ0v) is 10.4. The molecule has 0 aromatic heterocycles. The van der Waals surface area contributed by atoms with Crippen molar-refractivity contribution in [1.29, 1.82) is 0 Å². The fourth-order valence-corrected chi connectivity index (χ4v) is 1.84. The first-order valence-corrected chi connectivity index (χ1v) is 6.11. The molecular weight excluding hydrogens is 226 g/mol. The van der Waals surface area contributed by atoms with E-state index in [1.807, 2.05) is 36.4 Å². The van der Waals surface area contributed by atoms with Crippen LogP contribution in [0.25, 0.3) is 0 Å². The van der Waals surface area contributed by atoms with E-state index < -0.39 is 0 Å². The van der Waals surface area contributed by atoms with Crippen LogP contribution in [-0.4, -0.2) is 11.6 Å². The molecule has 0 radical (unpaired) electrons. The van der Waals surface area contributed by atoms with Gasteiger partial charge in [0.05, 0.1) is 17.1 Å². The first kappa shape index (κ1) is 12.4. The largest absolute Gasteiger partial charge is 0.325 e. The quantitative estimate of drug-likeness (QED) is 0.802. The molecule has 4 nitrogen and oxygen atoms in total. The highest BCUT2D eigenvalue weighted by molar-refractivity contribution is 6.03. The maximum atomic E-state index is 11.1. The van der Waals surface area contributed by atoms with Crippen LogP contribution < -0.4 is 10.7 Å². The van der Waals surface area contributed by atoms with E-state index in [2.05, 4.69) is 15.8 Å². The lowest BCUT2D eigenvalue weighted by Gasteiger charge is -2.16. The van der Waals surface area contributed by atoms with Gasteiger partial charge in [-0.3, -0.25) is 10.2 Å². The molecule has 0 aliphatic heterocycles. The molecule has 0 saturated heterocycles. The summed E-state index contributed by atoms with van der Waals surface area (Å²) in [5.41, 5.74) is 5.69. The molecule has 1 amide bonds. The molecule has 1 aliphatic carbocycles. The zero-order valence-electron chi connectivity index (χ0n) is 10.4. The monoisotopic (exact) mass is 243 g/mol. The molecule has 1 aromatic rings. The Morgan fingerprint density at radius 3 is 2.78 bits per heavy atom. The van der Waals surface area contributed by atoms with E-state index in [1.54, 1.807) is 0 Å². The molecule has 0 saturated carbocycles. The molecule has 4 heteroatoms. The lowest BCUT2D eigenvalue weighted by Crippen LogP contribution is -2.27. The first-order valence-electron chi connectivity index (χ1n) is 6.11. The van der Waals surface area contributed by atoms with Crippen molar-refractivity contribution < 1.29 is 4.79 Å². The summed E-state index contributed by atoms with van der Waals surface area (Å²) in [6.07, 6.45) is 4.96. The van der Waals surface area contributed by atoms with Crippen molar-refractivity contribution in [3.05, 3.63) is 42.1 Å². The fraction of sp³-hybridized carbons (Fsp3) is 0.286. The van der Waals surface area contributed by atoms with E-state index in [-0.39, 0.29) is 5.91 Å². The smallest absolute Gasteiger partial charge is 0.221 e. The second-order valence-electron chi connectivity index (χ2n) is 4.23. The Kier molecular flexibility index (Phi) is 4.12. The summed E-state index contributed by atoms with van der Waals surface area (Å²) in [6.45, 7) is 1.51. The van der Waals surface area contributed by atoms with Crippen LogP contribution in [0.15, 0.2) is 47.2 Å². The summed E-state index contributed by atoms with van der Waals surface area (Å²) in [5, 5.41) is 7.19. The predicted molar refractivity (Wildman–Crippen MR) is 73.3 cm³/mol. The second kappa shape index (κ2) is 6.00. The molecule has 0 atom stereocenters. The number of benzene rings is 1. The Morgan fingerprint density at radius 2 is 2.06 bits per heavy atom. The number of hydrogen-bond acceptors (Lipinski definition) is 3. The standard InChI is InChI=1S/C14H17N3O/c1-11(18)15-13-9-5-6-10-14(13)17-16-12-7-3-2-4-8-12/h2-4,7-9,16H,5-6,10H2,1H3,(H,15,18). The molecule has 2 N–H and O–H groups in total. The van der Waals surface area contributed by atoms with Gasteiger partial charge in [-0.2, -0.15) is 5.10 Å². The first-order chi connectivity index (χ1) is 8.75. The van der Waals surface area contributed by atoms with Crippen LogP contribution in [0.2, 0.25) is 0 Å². The second-order valence-corrected chi connectivity index (χ2v) is 4.23. The number of rotatable bonds is 3. The van der Waals surface area contributed by atoms with Gasteiger partial charge in [-0.15, -0.1) is 0 Å². The minimum atomic E-state index is -0.0597. The van der Waals surface area contributed by atoms with Gasteiger partial charge in [0.25, 0.3) is 0 Å². The molecule has 0 fully saturated rings. The van der Waals surface area contributed by atoms with Gasteiger partial charge >= 0.3 is 0 Å². The number of para-hydroxylation sites is 1. The third kappa shape index (κ3) is 3.45. The number of hydrazone groups is 1. The number of amides is 1. The molecule has 0 unspecified atom stereocenters. The van der Waals surface area contributed by atoms with Crippen molar-refractivity contribution >= 4 is 17.3 Å². The molecule has 2 rings (SSSR count). The Morgan fingerprint density at radius 1 is 1.28 bits per heavy atom. The Bertz CT molecular complexity index is 477. The van der Waals surface area contributed by atoms with Gasteiger partial charge in [0, 0.05) is 6.92 Å². The molecule has 0 spiro atoms. The minimum absolute atomic E-state index is 0.0597. The summed E-state index contributed by atoms with van der Waals surface area (Å²) in [6, 6.07) is 9.77. The van der Waals surface area contributed by atoms with Gasteiger partial charge in [-0.05, 0) is 31.4 Å². The molecule has 1 aromatic carbocycles. The Hall–Kier alpha value is -2.10. The van der Waals surface area contributed by atoms with Gasteiger partial charge in [0.1, 0.15) is 0 Å². The maximum Gasteiger partial charge on any atom is 0.221 e. The van der Waals surface area contributed by atoms with Gasteiger partial charge < -0.3 is 5.32 Å². The zero-order chi connectivity index (χ0) is 12.8. The van der Waals surface area contributed by atoms with Crippen LogP contribution in [0.4, 0.5) is 5.69 Å². The number of nitrogens with zero attached hydrogens (tertiary/aromatic N) is 1. The number of allylic oxidation sites excluding steroid dienone is 2. The van der Waals surface area contributed by atoms with Crippen LogP contribution in [0.3, 0.4) is 0 Å². The lowest BCUT2D eigenvalue weighted by molar-refractivity contribution is -0.118. The molecule has 94 valence electrons. The third-order valence-corrected chi connectivity index (χ3v) is 2.68. The summed E-state index contributed by atoms with van der Waals surface area (Å²) >= 11 is 0. The average molecular weight is 243 g/mol. The Labute approximate surface area is 107 Å². The summed E-state index contributed by atoms with van der Waals surface area (Å²) in [5.74, 6) is -0.0597. The minimum Gasteiger partial charge on any atom is -0.325 e. The van der Waals surface area contributed by atoms with Crippen molar-refractivity contribution in [2.24, 2.45) is 5.10 Å². The van der Waals surface area contributed by atoms with E-state index >= 15 is 0 Å². The highest BCUT2D eigenvalue weighted by Crippen LogP contribution is 2.14. The maximum absolute atomic E-state index is 11.1. The van der Waals surface area contributed by atoms with Crippen LogP contribution >= 0.6 is 0 Å². The fourth-order valence-electron chi connectivity index (χ4n) is 1.84. The van der Waals surface area contributed by atoms with Crippen molar-refractivity contribution in [2.45, 2.75) is 26.2 Å². The van der Waals surface area contributed by atoms with Crippen molar-refractivity contribution in [3.63, 3.8) is 0 Å². The highest BCUT2D eigenvalue weighted by atomic mass is 16.1. The molecule has 18 heavy (non-hydrogen) atoms. The number of carbonyl (C=O) groups excluding carboxylic acids is 1. The Balaban J connectivity index is 2.08. The van der Waals surface area contributed by atoms with Gasteiger partial charge in [-0.25, -0.2) is 0 Å². The van der Waals surface area contributed by atoms with Crippen molar-refractivity contribution in [3.8, 4) is 0 Å². The molecular formula is C14H17N3O. The number of carbonyl (C=O) groups is 1. The third-order valence-electron chi connectivity index (χ3n) is 2.68. The van der Waals surface area contributed by atoms with Crippen LogP contribution in [0.1, 0.15) is 26.2 Å². The lowest BCUT2D eigenvalue weighted by atomic mass is 10.0. The topological polar surface area (TPSA) is 53.5 Å².